The summed E-state index contributed by atoms with van der Waals surface area (Å²) in [5.41, 5.74) is 7.77. The molecule has 1 aliphatic heterocycles. The number of benzene rings is 1. The van der Waals surface area contributed by atoms with E-state index in [-0.39, 0.29) is 17.9 Å². The van der Waals surface area contributed by atoms with Crippen LogP contribution in [0.5, 0.6) is 0 Å². The molecular formula is C18H27N3O2. The van der Waals surface area contributed by atoms with Crippen LogP contribution in [0, 0.1) is 5.92 Å². The number of rotatable bonds is 6. The molecule has 1 aromatic carbocycles. The van der Waals surface area contributed by atoms with E-state index in [0.717, 1.165) is 5.69 Å². The topological polar surface area (TPSA) is 75.4 Å². The van der Waals surface area contributed by atoms with E-state index in [9.17, 15) is 9.59 Å². The van der Waals surface area contributed by atoms with Crippen LogP contribution in [0.3, 0.4) is 0 Å². The predicted molar refractivity (Wildman–Crippen MR) is 92.3 cm³/mol. The maximum absolute atomic E-state index is 12.5. The van der Waals surface area contributed by atoms with Crippen molar-refractivity contribution in [2.24, 2.45) is 11.7 Å². The first-order valence-electron chi connectivity index (χ1n) is 8.34. The molecule has 5 nitrogen and oxygen atoms in total. The van der Waals surface area contributed by atoms with Gasteiger partial charge in [0.1, 0.15) is 5.92 Å². The molecule has 126 valence electrons. The molecule has 2 amide bonds. The third kappa shape index (κ3) is 4.32. The van der Waals surface area contributed by atoms with E-state index < -0.39 is 5.92 Å². The first kappa shape index (κ1) is 17.5. The highest BCUT2D eigenvalue weighted by atomic mass is 16.2. The van der Waals surface area contributed by atoms with Gasteiger partial charge < -0.3 is 16.0 Å². The maximum atomic E-state index is 12.5. The van der Waals surface area contributed by atoms with Crippen LogP contribution < -0.4 is 16.0 Å². The Morgan fingerprint density at radius 1 is 1.30 bits per heavy atom. The van der Waals surface area contributed by atoms with Crippen molar-refractivity contribution < 1.29 is 9.59 Å². The van der Waals surface area contributed by atoms with Crippen molar-refractivity contribution in [1.29, 1.82) is 0 Å². The van der Waals surface area contributed by atoms with Gasteiger partial charge in [0.25, 0.3) is 0 Å². The largest absolute Gasteiger partial charge is 0.355 e. The summed E-state index contributed by atoms with van der Waals surface area (Å²) in [5, 5.41) is 2.82. The maximum Gasteiger partial charge on any atom is 0.239 e. The van der Waals surface area contributed by atoms with Crippen LogP contribution in [0.2, 0.25) is 0 Å². The van der Waals surface area contributed by atoms with E-state index >= 15 is 0 Å². The highest BCUT2D eigenvalue weighted by Gasteiger charge is 2.37. The van der Waals surface area contributed by atoms with Gasteiger partial charge in [-0.1, -0.05) is 26.0 Å². The summed E-state index contributed by atoms with van der Waals surface area (Å²) in [4.78, 5) is 26.4. The molecule has 5 heteroatoms. The summed E-state index contributed by atoms with van der Waals surface area (Å²) in [6.07, 6.45) is 1.28. The van der Waals surface area contributed by atoms with E-state index in [1.165, 1.54) is 5.56 Å². The van der Waals surface area contributed by atoms with Crippen LogP contribution in [-0.4, -0.2) is 30.9 Å². The molecule has 0 saturated carbocycles. The van der Waals surface area contributed by atoms with Crippen LogP contribution in [0.4, 0.5) is 5.69 Å². The Bertz CT molecular complexity index is 552. The van der Waals surface area contributed by atoms with Gasteiger partial charge in [-0.3, -0.25) is 9.59 Å². The molecule has 3 N–H and O–H groups in total. The van der Waals surface area contributed by atoms with Gasteiger partial charge in [-0.15, -0.1) is 0 Å². The summed E-state index contributed by atoms with van der Waals surface area (Å²) < 4.78 is 0. The average molecular weight is 317 g/mol. The summed E-state index contributed by atoms with van der Waals surface area (Å²) in [5.74, 6) is -0.410. The third-order valence-corrected chi connectivity index (χ3v) is 4.29. The molecule has 1 aliphatic rings. The average Bonchev–Trinajstić information content (AvgIpc) is 2.88. The zero-order chi connectivity index (χ0) is 17.0. The monoisotopic (exact) mass is 317 g/mol. The number of hydrogen-bond acceptors (Lipinski definition) is 3. The molecule has 2 atom stereocenters. The molecule has 1 heterocycles. The Labute approximate surface area is 138 Å². The van der Waals surface area contributed by atoms with E-state index in [1.54, 1.807) is 4.90 Å². The fourth-order valence-electron chi connectivity index (χ4n) is 2.76. The Morgan fingerprint density at radius 3 is 2.52 bits per heavy atom. The number of carbonyl (C=O) groups excluding carboxylic acids is 2. The Balaban J connectivity index is 1.96. The van der Waals surface area contributed by atoms with Gasteiger partial charge in [-0.25, -0.2) is 0 Å². The van der Waals surface area contributed by atoms with Crippen LogP contribution in [0.15, 0.2) is 24.3 Å². The summed E-state index contributed by atoms with van der Waals surface area (Å²) in [6, 6.07) is 8.06. The minimum absolute atomic E-state index is 0.0468. The van der Waals surface area contributed by atoms with Crippen molar-refractivity contribution in [3.8, 4) is 0 Å². The van der Waals surface area contributed by atoms with Gasteiger partial charge in [0.05, 0.1) is 0 Å². The zero-order valence-corrected chi connectivity index (χ0v) is 14.2. The highest BCUT2D eigenvalue weighted by molar-refractivity contribution is 6.09. The van der Waals surface area contributed by atoms with E-state index in [0.29, 0.717) is 31.8 Å². The molecule has 0 spiro atoms. The fraction of sp³-hybridized carbons (Fsp3) is 0.556. The second-order valence-electron chi connectivity index (χ2n) is 6.63. The standard InChI is InChI=1S/C18H27N3O2/c1-12(2)14-4-6-15(7-5-14)21-11-9-16(18(21)23)17(22)20-10-8-13(3)19/h4-7,12-13,16H,8-11,19H2,1-3H3,(H,20,22). The van der Waals surface area contributed by atoms with E-state index in [4.69, 9.17) is 5.73 Å². The van der Waals surface area contributed by atoms with Crippen LogP contribution in [0.1, 0.15) is 45.1 Å². The fourth-order valence-corrected chi connectivity index (χ4v) is 2.76. The molecule has 0 aliphatic carbocycles. The molecule has 1 saturated heterocycles. The van der Waals surface area contributed by atoms with Gasteiger partial charge in [-0.2, -0.15) is 0 Å². The first-order chi connectivity index (χ1) is 10.9. The minimum atomic E-state index is -0.576. The van der Waals surface area contributed by atoms with Gasteiger partial charge >= 0.3 is 0 Å². The summed E-state index contributed by atoms with van der Waals surface area (Å²) in [6.45, 7) is 7.28. The number of nitrogens with two attached hydrogens (primary N) is 1. The number of nitrogens with zero attached hydrogens (tertiary/aromatic N) is 1. The van der Waals surface area contributed by atoms with Crippen molar-refractivity contribution in [3.05, 3.63) is 29.8 Å². The molecule has 0 bridgehead atoms. The lowest BCUT2D eigenvalue weighted by Crippen LogP contribution is -2.38. The van der Waals surface area contributed by atoms with Gasteiger partial charge in [0.2, 0.25) is 11.8 Å². The SMILES string of the molecule is CC(N)CCNC(=O)C1CCN(c2ccc(C(C)C)cc2)C1=O. The molecule has 2 unspecified atom stereocenters. The Morgan fingerprint density at radius 2 is 1.96 bits per heavy atom. The minimum Gasteiger partial charge on any atom is -0.355 e. The molecule has 2 rings (SSSR count). The molecular weight excluding hydrogens is 290 g/mol. The van der Waals surface area contributed by atoms with Crippen molar-refractivity contribution in [2.75, 3.05) is 18.0 Å². The lowest BCUT2D eigenvalue weighted by molar-refractivity contribution is -0.132. The van der Waals surface area contributed by atoms with Crippen molar-refractivity contribution in [3.63, 3.8) is 0 Å². The van der Waals surface area contributed by atoms with Crippen molar-refractivity contribution in [1.82, 2.24) is 5.32 Å². The van der Waals surface area contributed by atoms with E-state index in [2.05, 4.69) is 19.2 Å². The third-order valence-electron chi connectivity index (χ3n) is 4.29. The van der Waals surface area contributed by atoms with Gasteiger partial charge in [0, 0.05) is 24.8 Å². The zero-order valence-electron chi connectivity index (χ0n) is 14.2. The molecule has 23 heavy (non-hydrogen) atoms. The second-order valence-corrected chi connectivity index (χ2v) is 6.63. The van der Waals surface area contributed by atoms with Crippen molar-refractivity contribution in [2.45, 2.75) is 45.6 Å². The summed E-state index contributed by atoms with van der Waals surface area (Å²) in [7, 11) is 0. The van der Waals surface area contributed by atoms with Crippen molar-refractivity contribution >= 4 is 17.5 Å². The van der Waals surface area contributed by atoms with Gasteiger partial charge in [0.15, 0.2) is 0 Å². The lowest BCUT2D eigenvalue weighted by Gasteiger charge is -2.18. The summed E-state index contributed by atoms with van der Waals surface area (Å²) >= 11 is 0. The van der Waals surface area contributed by atoms with Crippen LogP contribution >= 0.6 is 0 Å². The Kier molecular flexibility index (Phi) is 5.77. The number of amides is 2. The molecule has 0 radical (unpaired) electrons. The molecule has 1 fully saturated rings. The highest BCUT2D eigenvalue weighted by Crippen LogP contribution is 2.27. The number of anilines is 1. The second kappa shape index (κ2) is 7.59. The van der Waals surface area contributed by atoms with E-state index in [1.807, 2.05) is 31.2 Å². The first-order valence-corrected chi connectivity index (χ1v) is 8.34. The quantitative estimate of drug-likeness (QED) is 0.788. The molecule has 0 aromatic heterocycles. The Hall–Kier alpha value is -1.88. The van der Waals surface area contributed by atoms with Crippen LogP contribution in [-0.2, 0) is 9.59 Å². The molecule has 1 aromatic rings. The van der Waals surface area contributed by atoms with Crippen LogP contribution in [0.25, 0.3) is 0 Å². The number of nitrogens with one attached hydrogen (secondary N) is 1. The van der Waals surface area contributed by atoms with Gasteiger partial charge in [-0.05, 0) is 43.4 Å². The number of hydrogen-bond donors (Lipinski definition) is 2. The predicted octanol–water partition coefficient (Wildman–Crippen LogP) is 2.02. The number of carbonyl (C=O) groups is 2. The lowest BCUT2D eigenvalue weighted by atomic mass is 10.0. The normalized spacial score (nSPS) is 19.3. The smallest absolute Gasteiger partial charge is 0.239 e.